The van der Waals surface area contributed by atoms with E-state index in [4.69, 9.17) is 4.98 Å². The molecule has 4 aromatic rings. The summed E-state index contributed by atoms with van der Waals surface area (Å²) in [7, 11) is 1.86. The molecule has 9 nitrogen and oxygen atoms in total. The second kappa shape index (κ2) is 5.70. The van der Waals surface area contributed by atoms with Crippen LogP contribution in [0, 0.1) is 0 Å². The van der Waals surface area contributed by atoms with Gasteiger partial charge in [-0.15, -0.1) is 11.3 Å². The summed E-state index contributed by atoms with van der Waals surface area (Å²) in [4.78, 5) is 22.0. The van der Waals surface area contributed by atoms with E-state index in [2.05, 4.69) is 25.5 Å². The summed E-state index contributed by atoms with van der Waals surface area (Å²) in [5.41, 5.74) is 2.94. The Bertz CT molecular complexity index is 1240. The van der Waals surface area contributed by atoms with E-state index in [-0.39, 0.29) is 12.1 Å². The van der Waals surface area contributed by atoms with Crippen LogP contribution >= 0.6 is 11.3 Å². The number of thiazole rings is 1. The Morgan fingerprint density at radius 1 is 1.35 bits per heavy atom. The first kappa shape index (κ1) is 15.1. The topological polar surface area (TPSA) is 107 Å². The van der Waals surface area contributed by atoms with E-state index in [0.717, 1.165) is 33.0 Å². The van der Waals surface area contributed by atoms with Gasteiger partial charge in [-0.2, -0.15) is 20.5 Å². The number of hydrogen-bond acceptors (Lipinski definition) is 7. The molecule has 1 N–H and O–H groups in total. The molecule has 0 aliphatic carbocycles. The maximum Gasteiger partial charge on any atom is 0.291 e. The van der Waals surface area contributed by atoms with Crippen molar-refractivity contribution < 1.29 is 0 Å². The first-order valence-electron chi connectivity index (χ1n) is 8.09. The van der Waals surface area contributed by atoms with Gasteiger partial charge in [-0.1, -0.05) is 6.08 Å². The zero-order valence-electron chi connectivity index (χ0n) is 13.9. The molecule has 0 amide bonds. The molecule has 0 radical (unpaired) electrons. The Balaban J connectivity index is 1.61. The molecule has 0 fully saturated rings. The highest BCUT2D eigenvalue weighted by atomic mass is 32.1. The van der Waals surface area contributed by atoms with Crippen LogP contribution in [0.2, 0.25) is 0 Å². The van der Waals surface area contributed by atoms with Crippen LogP contribution in [-0.4, -0.2) is 47.0 Å². The normalized spacial score (nSPS) is 14.0. The molecule has 10 heteroatoms. The zero-order chi connectivity index (χ0) is 17.7. The van der Waals surface area contributed by atoms with Crippen molar-refractivity contribution in [3.63, 3.8) is 0 Å². The first-order valence-corrected chi connectivity index (χ1v) is 8.91. The van der Waals surface area contributed by atoms with E-state index in [1.165, 1.54) is 4.68 Å². The van der Waals surface area contributed by atoms with E-state index in [1.54, 1.807) is 23.7 Å². The van der Waals surface area contributed by atoms with Gasteiger partial charge in [-0.25, -0.2) is 9.67 Å². The lowest BCUT2D eigenvalue weighted by Crippen LogP contribution is -2.24. The van der Waals surface area contributed by atoms with Crippen molar-refractivity contribution in [2.75, 3.05) is 6.54 Å². The molecule has 1 aliphatic heterocycles. The van der Waals surface area contributed by atoms with Crippen molar-refractivity contribution >= 4 is 38.3 Å². The fourth-order valence-corrected chi connectivity index (χ4v) is 4.28. The van der Waals surface area contributed by atoms with Gasteiger partial charge in [-0.3, -0.25) is 9.79 Å². The fraction of sp³-hybridized carbons (Fsp3) is 0.250. The van der Waals surface area contributed by atoms with Crippen molar-refractivity contribution in [2.45, 2.75) is 13.0 Å². The molecule has 0 saturated heterocycles. The molecular formula is C16H14N8OS. The largest absolute Gasteiger partial charge is 0.323 e. The minimum Gasteiger partial charge on any atom is -0.323 e. The van der Waals surface area contributed by atoms with Crippen molar-refractivity contribution in [1.29, 1.82) is 0 Å². The molecule has 0 bridgehead atoms. The van der Waals surface area contributed by atoms with Gasteiger partial charge < -0.3 is 4.57 Å². The third-order valence-corrected chi connectivity index (χ3v) is 5.47. The predicted octanol–water partition coefficient (Wildman–Crippen LogP) is 1.06. The van der Waals surface area contributed by atoms with Crippen LogP contribution in [0.3, 0.4) is 0 Å². The standard InChI is InChI=1S/C16H14N8OS/c1-23-13-11(7-19-24(16(13)25)8-10-6-18-22-21-10)14-15(23)20-12(26-14)5-9-3-2-4-17-9/h2-3,6-7H,4-5,8H2,1H3,(H,18,21,22). The summed E-state index contributed by atoms with van der Waals surface area (Å²) in [6.45, 7) is 1.02. The van der Waals surface area contributed by atoms with Gasteiger partial charge in [0.25, 0.3) is 5.56 Å². The quantitative estimate of drug-likeness (QED) is 0.581. The highest BCUT2D eigenvalue weighted by Crippen LogP contribution is 2.31. The highest BCUT2D eigenvalue weighted by Gasteiger charge is 2.19. The maximum absolute atomic E-state index is 12.9. The Kier molecular flexibility index (Phi) is 3.32. The molecule has 0 unspecified atom stereocenters. The minimum atomic E-state index is -0.164. The molecule has 26 heavy (non-hydrogen) atoms. The summed E-state index contributed by atoms with van der Waals surface area (Å²) in [6.07, 6.45) is 8.10. The smallest absolute Gasteiger partial charge is 0.291 e. The number of aryl methyl sites for hydroxylation is 1. The maximum atomic E-state index is 12.9. The molecule has 5 heterocycles. The monoisotopic (exact) mass is 366 g/mol. The molecule has 0 aromatic carbocycles. The third-order valence-electron chi connectivity index (χ3n) is 4.39. The number of fused-ring (bicyclic) bond motifs is 3. The van der Waals surface area contributed by atoms with Gasteiger partial charge >= 0.3 is 0 Å². The van der Waals surface area contributed by atoms with Crippen LogP contribution in [0.4, 0.5) is 0 Å². The van der Waals surface area contributed by atoms with E-state index in [9.17, 15) is 4.79 Å². The van der Waals surface area contributed by atoms with Gasteiger partial charge in [-0.05, 0) is 6.08 Å². The van der Waals surface area contributed by atoms with Gasteiger partial charge in [0, 0.05) is 24.6 Å². The zero-order valence-corrected chi connectivity index (χ0v) is 14.7. The molecule has 0 spiro atoms. The third kappa shape index (κ3) is 2.30. The Hall–Kier alpha value is -3.14. The molecular weight excluding hydrogens is 352 g/mol. The first-order chi connectivity index (χ1) is 12.7. The fourth-order valence-electron chi connectivity index (χ4n) is 3.16. The van der Waals surface area contributed by atoms with Crippen molar-refractivity contribution in [1.82, 2.24) is 34.7 Å². The average molecular weight is 366 g/mol. The summed E-state index contributed by atoms with van der Waals surface area (Å²) >= 11 is 1.59. The Morgan fingerprint density at radius 2 is 2.27 bits per heavy atom. The number of aromatic amines is 1. The van der Waals surface area contributed by atoms with Gasteiger partial charge in [0.05, 0.1) is 30.2 Å². The lowest BCUT2D eigenvalue weighted by atomic mass is 10.3. The van der Waals surface area contributed by atoms with Crippen LogP contribution < -0.4 is 5.56 Å². The molecule has 1 aliphatic rings. The summed E-state index contributed by atoms with van der Waals surface area (Å²) in [5.74, 6) is 0. The lowest BCUT2D eigenvalue weighted by molar-refractivity contribution is 0.631. The van der Waals surface area contributed by atoms with Gasteiger partial charge in [0.1, 0.15) is 16.2 Å². The summed E-state index contributed by atoms with van der Waals surface area (Å²) < 4.78 is 4.22. The number of aromatic nitrogens is 7. The second-order valence-corrected chi connectivity index (χ2v) is 7.15. The van der Waals surface area contributed by atoms with E-state index in [1.807, 2.05) is 23.8 Å². The number of nitrogens with one attached hydrogen (secondary N) is 1. The van der Waals surface area contributed by atoms with E-state index in [0.29, 0.717) is 17.6 Å². The van der Waals surface area contributed by atoms with Crippen molar-refractivity contribution in [2.24, 2.45) is 12.0 Å². The number of hydrogen-bond donors (Lipinski definition) is 1. The van der Waals surface area contributed by atoms with E-state index >= 15 is 0 Å². The predicted molar refractivity (Wildman–Crippen MR) is 98.8 cm³/mol. The van der Waals surface area contributed by atoms with Crippen LogP contribution in [0.1, 0.15) is 10.7 Å². The number of aliphatic imine (C=N–C) groups is 1. The number of allylic oxidation sites excluding steroid dienone is 1. The van der Waals surface area contributed by atoms with Crippen LogP contribution in [-0.2, 0) is 20.0 Å². The second-order valence-electron chi connectivity index (χ2n) is 6.06. The Morgan fingerprint density at radius 3 is 3.04 bits per heavy atom. The van der Waals surface area contributed by atoms with Crippen LogP contribution in [0.15, 0.2) is 34.3 Å². The molecule has 5 rings (SSSR count). The van der Waals surface area contributed by atoms with Gasteiger partial charge in [0.15, 0.2) is 5.65 Å². The van der Waals surface area contributed by atoms with Crippen LogP contribution in [0.25, 0.3) is 21.3 Å². The highest BCUT2D eigenvalue weighted by molar-refractivity contribution is 7.19. The molecule has 0 saturated carbocycles. The van der Waals surface area contributed by atoms with E-state index < -0.39 is 0 Å². The van der Waals surface area contributed by atoms with Gasteiger partial charge in [0.2, 0.25) is 0 Å². The average Bonchev–Trinajstić information content (AvgIpc) is 3.39. The number of rotatable bonds is 4. The molecule has 4 aromatic heterocycles. The van der Waals surface area contributed by atoms with Crippen molar-refractivity contribution in [3.05, 3.63) is 45.6 Å². The number of H-pyrrole nitrogens is 1. The summed E-state index contributed by atoms with van der Waals surface area (Å²) in [6, 6.07) is 0. The SMILES string of the molecule is Cn1c2nc(CC3=NCC=C3)sc2c2cnn(Cc3cn[nH]n3)c(=O)c21. The molecule has 130 valence electrons. The lowest BCUT2D eigenvalue weighted by Gasteiger charge is -2.03. The van der Waals surface area contributed by atoms with Crippen molar-refractivity contribution in [3.8, 4) is 0 Å². The Labute approximate surface area is 150 Å². The molecule has 0 atom stereocenters. The number of nitrogens with zero attached hydrogens (tertiary/aromatic N) is 7. The van der Waals surface area contributed by atoms with Crippen LogP contribution in [0.5, 0.6) is 0 Å². The minimum absolute atomic E-state index is 0.164. The summed E-state index contributed by atoms with van der Waals surface area (Å²) in [5, 5.41) is 16.4.